The second-order valence-electron chi connectivity index (χ2n) is 5.52. The van der Waals surface area contributed by atoms with Crippen molar-refractivity contribution in [3.05, 3.63) is 35.6 Å². The molecule has 0 radical (unpaired) electrons. The van der Waals surface area contributed by atoms with Crippen LogP contribution >= 0.6 is 0 Å². The predicted molar refractivity (Wildman–Crippen MR) is 75.7 cm³/mol. The largest absolute Gasteiger partial charge is 0.461 e. The van der Waals surface area contributed by atoms with E-state index in [-0.39, 0.29) is 23.9 Å². The Kier molecular flexibility index (Phi) is 5.12. The molecule has 1 aliphatic rings. The van der Waals surface area contributed by atoms with Gasteiger partial charge in [0.1, 0.15) is 12.4 Å². The highest BCUT2D eigenvalue weighted by molar-refractivity contribution is 5.71. The zero-order chi connectivity index (χ0) is 14.4. The van der Waals surface area contributed by atoms with E-state index in [0.29, 0.717) is 12.0 Å². The Bertz CT molecular complexity index is 456. The van der Waals surface area contributed by atoms with Gasteiger partial charge in [0.05, 0.1) is 6.42 Å². The fraction of sp³-hybridized carbons (Fsp3) is 0.562. The Balaban J connectivity index is 1.87. The number of carbonyl (C=O) groups excluding carboxylic acids is 1. The molecular weight excluding hydrogens is 257 g/mol. The van der Waals surface area contributed by atoms with Gasteiger partial charge in [0.25, 0.3) is 0 Å². The highest BCUT2D eigenvalue weighted by atomic mass is 19.1. The minimum atomic E-state index is -0.332. The number of hydrogen-bond donors (Lipinski definition) is 1. The quantitative estimate of drug-likeness (QED) is 0.841. The van der Waals surface area contributed by atoms with Crippen molar-refractivity contribution in [3.8, 4) is 0 Å². The number of nitrogens with one attached hydrogen (secondary N) is 1. The summed E-state index contributed by atoms with van der Waals surface area (Å²) in [7, 11) is 1.90. The molecular formula is C16H22FNO2. The molecule has 0 unspecified atom stereocenters. The van der Waals surface area contributed by atoms with Gasteiger partial charge in [-0.15, -0.1) is 0 Å². The number of hydrogen-bond acceptors (Lipinski definition) is 3. The minimum Gasteiger partial charge on any atom is -0.461 e. The molecule has 110 valence electrons. The molecule has 1 N–H and O–H groups in total. The van der Waals surface area contributed by atoms with Crippen molar-refractivity contribution >= 4 is 5.97 Å². The number of benzene rings is 1. The first-order valence-electron chi connectivity index (χ1n) is 7.23. The zero-order valence-electron chi connectivity index (χ0n) is 12.0. The van der Waals surface area contributed by atoms with Crippen molar-refractivity contribution in [1.82, 2.24) is 5.32 Å². The number of halogens is 1. The molecule has 1 aliphatic carbocycles. The predicted octanol–water partition coefficient (Wildman–Crippen LogP) is 3.18. The first kappa shape index (κ1) is 15.0. The molecule has 1 saturated carbocycles. The Morgan fingerprint density at radius 3 is 2.65 bits per heavy atom. The fourth-order valence-corrected chi connectivity index (χ4v) is 2.84. The number of rotatable bonds is 5. The van der Waals surface area contributed by atoms with Crippen LogP contribution in [0.1, 0.15) is 44.1 Å². The SMILES string of the molecule is CNC1(CC(=O)OCc2ccccc2F)CCCCC1. The Morgan fingerprint density at radius 2 is 2.00 bits per heavy atom. The van der Waals surface area contributed by atoms with Gasteiger partial charge in [-0.1, -0.05) is 37.5 Å². The number of ether oxygens (including phenoxy) is 1. The summed E-state index contributed by atoms with van der Waals surface area (Å²) in [6.45, 7) is 0.00526. The number of esters is 1. The summed E-state index contributed by atoms with van der Waals surface area (Å²) in [6, 6.07) is 6.37. The van der Waals surface area contributed by atoms with Crippen LogP contribution in [-0.4, -0.2) is 18.6 Å². The molecule has 1 aromatic rings. The first-order valence-corrected chi connectivity index (χ1v) is 7.23. The lowest BCUT2D eigenvalue weighted by Gasteiger charge is -2.36. The fourth-order valence-electron chi connectivity index (χ4n) is 2.84. The summed E-state index contributed by atoms with van der Waals surface area (Å²) in [6.07, 6.45) is 5.87. The van der Waals surface area contributed by atoms with Crippen LogP contribution < -0.4 is 5.32 Å². The summed E-state index contributed by atoms with van der Waals surface area (Å²) in [5.74, 6) is -0.592. The summed E-state index contributed by atoms with van der Waals surface area (Å²) >= 11 is 0. The van der Waals surface area contributed by atoms with Gasteiger partial charge in [-0.25, -0.2) is 4.39 Å². The second kappa shape index (κ2) is 6.84. The van der Waals surface area contributed by atoms with Crippen molar-refractivity contribution in [1.29, 1.82) is 0 Å². The summed E-state index contributed by atoms with van der Waals surface area (Å²) < 4.78 is 18.7. The molecule has 2 rings (SSSR count). The van der Waals surface area contributed by atoms with Crippen molar-refractivity contribution in [3.63, 3.8) is 0 Å². The van der Waals surface area contributed by atoms with Gasteiger partial charge in [-0.05, 0) is 26.0 Å². The first-order chi connectivity index (χ1) is 9.65. The molecule has 1 fully saturated rings. The van der Waals surface area contributed by atoms with Crippen LogP contribution in [0, 0.1) is 5.82 Å². The summed E-state index contributed by atoms with van der Waals surface area (Å²) in [5, 5.41) is 3.28. The number of carbonyl (C=O) groups is 1. The smallest absolute Gasteiger partial charge is 0.307 e. The van der Waals surface area contributed by atoms with Crippen LogP contribution in [-0.2, 0) is 16.1 Å². The molecule has 0 spiro atoms. The van der Waals surface area contributed by atoms with Gasteiger partial charge in [-0.3, -0.25) is 4.79 Å². The maximum atomic E-state index is 13.4. The van der Waals surface area contributed by atoms with E-state index < -0.39 is 0 Å². The van der Waals surface area contributed by atoms with Crippen molar-refractivity contribution < 1.29 is 13.9 Å². The standard InChI is InChI=1S/C16H22FNO2/c1-18-16(9-5-2-6-10-16)11-15(19)20-12-13-7-3-4-8-14(13)17/h3-4,7-8,18H,2,5-6,9-12H2,1H3. The summed E-state index contributed by atoms with van der Waals surface area (Å²) in [4.78, 5) is 12.0. The molecule has 0 saturated heterocycles. The third kappa shape index (κ3) is 3.79. The molecule has 0 bridgehead atoms. The molecule has 4 heteroatoms. The van der Waals surface area contributed by atoms with Crippen molar-refractivity contribution in [2.75, 3.05) is 7.05 Å². The molecule has 20 heavy (non-hydrogen) atoms. The van der Waals surface area contributed by atoms with Crippen molar-refractivity contribution in [2.24, 2.45) is 0 Å². The van der Waals surface area contributed by atoms with E-state index in [0.717, 1.165) is 25.7 Å². The average molecular weight is 279 g/mol. The molecule has 3 nitrogen and oxygen atoms in total. The van der Waals surface area contributed by atoms with Gasteiger partial charge >= 0.3 is 5.97 Å². The highest BCUT2D eigenvalue weighted by Crippen LogP contribution is 2.31. The molecule has 0 heterocycles. The van der Waals surface area contributed by atoms with Gasteiger partial charge in [0.2, 0.25) is 0 Å². The van der Waals surface area contributed by atoms with Crippen LogP contribution in [0.15, 0.2) is 24.3 Å². The second-order valence-corrected chi connectivity index (χ2v) is 5.52. The van der Waals surface area contributed by atoms with E-state index in [1.807, 2.05) is 7.05 Å². The maximum absolute atomic E-state index is 13.4. The highest BCUT2D eigenvalue weighted by Gasteiger charge is 2.33. The van der Waals surface area contributed by atoms with E-state index in [9.17, 15) is 9.18 Å². The lowest BCUT2D eigenvalue weighted by molar-refractivity contribution is -0.147. The van der Waals surface area contributed by atoms with E-state index in [4.69, 9.17) is 4.74 Å². The third-order valence-electron chi connectivity index (χ3n) is 4.17. The molecule has 0 amide bonds. The molecule has 0 atom stereocenters. The zero-order valence-corrected chi connectivity index (χ0v) is 12.0. The Morgan fingerprint density at radius 1 is 1.30 bits per heavy atom. The normalized spacial score (nSPS) is 17.7. The Labute approximate surface area is 119 Å². The Hall–Kier alpha value is -1.42. The maximum Gasteiger partial charge on any atom is 0.307 e. The monoisotopic (exact) mass is 279 g/mol. The minimum absolute atomic E-state index is 0.00526. The molecule has 0 aliphatic heterocycles. The average Bonchev–Trinajstić information content (AvgIpc) is 2.47. The van der Waals surface area contributed by atoms with Gasteiger partial charge in [0, 0.05) is 11.1 Å². The van der Waals surface area contributed by atoms with Crippen molar-refractivity contribution in [2.45, 2.75) is 50.7 Å². The van der Waals surface area contributed by atoms with Crippen LogP contribution in [0.2, 0.25) is 0 Å². The van der Waals surface area contributed by atoms with Crippen LogP contribution in [0.25, 0.3) is 0 Å². The lowest BCUT2D eigenvalue weighted by Crippen LogP contribution is -2.46. The van der Waals surface area contributed by atoms with E-state index in [1.165, 1.54) is 12.5 Å². The third-order valence-corrected chi connectivity index (χ3v) is 4.17. The van der Waals surface area contributed by atoms with E-state index >= 15 is 0 Å². The van der Waals surface area contributed by atoms with Crippen LogP contribution in [0.3, 0.4) is 0 Å². The van der Waals surface area contributed by atoms with Gasteiger partial charge in [0.15, 0.2) is 0 Å². The topological polar surface area (TPSA) is 38.3 Å². The molecule has 0 aromatic heterocycles. The lowest BCUT2D eigenvalue weighted by atomic mass is 9.79. The van der Waals surface area contributed by atoms with Gasteiger partial charge < -0.3 is 10.1 Å². The van der Waals surface area contributed by atoms with Crippen LogP contribution in [0.5, 0.6) is 0 Å². The van der Waals surface area contributed by atoms with Crippen LogP contribution in [0.4, 0.5) is 4.39 Å². The van der Waals surface area contributed by atoms with E-state index in [1.54, 1.807) is 18.2 Å². The summed E-state index contributed by atoms with van der Waals surface area (Å²) in [5.41, 5.74) is 0.285. The molecule has 1 aromatic carbocycles. The van der Waals surface area contributed by atoms with Gasteiger partial charge in [-0.2, -0.15) is 0 Å². The van der Waals surface area contributed by atoms with E-state index in [2.05, 4.69) is 5.32 Å².